The molecule has 1 aliphatic rings. The van der Waals surface area contributed by atoms with Crippen molar-refractivity contribution in [3.8, 4) is 0 Å². The lowest BCUT2D eigenvalue weighted by molar-refractivity contribution is 0.0705. The summed E-state index contributed by atoms with van der Waals surface area (Å²) >= 11 is 3.33. The number of aromatic nitrogens is 4. The van der Waals surface area contributed by atoms with Gasteiger partial charge in [-0.15, -0.1) is 11.8 Å². The van der Waals surface area contributed by atoms with Crippen molar-refractivity contribution < 1.29 is 14.4 Å². The maximum atomic E-state index is 11.4. The van der Waals surface area contributed by atoms with Gasteiger partial charge in [-0.25, -0.2) is 25.4 Å². The van der Waals surface area contributed by atoms with Gasteiger partial charge in [-0.3, -0.25) is 10.0 Å². The van der Waals surface area contributed by atoms with Crippen LogP contribution in [-0.2, 0) is 11.2 Å². The average Bonchev–Trinajstić information content (AvgIpc) is 3.51. The molecule has 1 amide bonds. The summed E-state index contributed by atoms with van der Waals surface area (Å²) < 4.78 is 6.99. The van der Waals surface area contributed by atoms with Crippen LogP contribution in [0.5, 0.6) is 0 Å². The first kappa shape index (κ1) is 24.4. The minimum Gasteiger partial charge on any atom is -0.444 e. The molecule has 0 aliphatic carbocycles. The fourth-order valence-corrected chi connectivity index (χ4v) is 5.23. The van der Waals surface area contributed by atoms with Crippen molar-refractivity contribution >= 4 is 40.1 Å². The summed E-state index contributed by atoms with van der Waals surface area (Å²) in [5.74, 6) is 2.84. The zero-order chi connectivity index (χ0) is 24.1. The van der Waals surface area contributed by atoms with E-state index in [1.165, 1.54) is 12.4 Å². The molecule has 3 N–H and O–H groups in total. The molecular formula is C22H29N7O3S2. The Morgan fingerprint density at radius 2 is 1.91 bits per heavy atom. The molecule has 0 unspecified atom stereocenters. The quantitative estimate of drug-likeness (QED) is 0.236. The van der Waals surface area contributed by atoms with Crippen LogP contribution in [0.3, 0.4) is 0 Å². The second-order valence-corrected chi connectivity index (χ2v) is 11.5. The fourth-order valence-electron chi connectivity index (χ4n) is 3.50. The zero-order valence-corrected chi connectivity index (χ0v) is 21.1. The molecule has 0 spiro atoms. The number of hydrogen-bond donors (Lipinski definition) is 3. The standard InChI is InChI=1S/C22H29N7O3S2/c1-22(2,3)16-11-23-17(32-16)13-33-18-12-27-21(34-18)26-8-14-4-6-29(7-5-14)20-24-9-15(10-25-20)19(30)28-31/h9-12,14,31H,4-8,13H2,1-3H3,(H,26,27)(H,28,30). The maximum absolute atomic E-state index is 11.4. The Hall–Kier alpha value is -2.70. The largest absolute Gasteiger partial charge is 0.444 e. The first-order chi connectivity index (χ1) is 16.3. The van der Waals surface area contributed by atoms with Gasteiger partial charge in [-0.2, -0.15) is 0 Å². The molecule has 0 bridgehead atoms. The summed E-state index contributed by atoms with van der Waals surface area (Å²) in [5.41, 5.74) is 1.77. The molecule has 0 saturated carbocycles. The van der Waals surface area contributed by atoms with E-state index in [0.29, 0.717) is 17.6 Å². The van der Waals surface area contributed by atoms with E-state index in [9.17, 15) is 4.79 Å². The van der Waals surface area contributed by atoms with Crippen LogP contribution >= 0.6 is 23.1 Å². The number of carbonyl (C=O) groups excluding carboxylic acids is 1. The van der Waals surface area contributed by atoms with E-state index in [0.717, 1.165) is 53.5 Å². The highest BCUT2D eigenvalue weighted by molar-refractivity contribution is 8.00. The molecule has 182 valence electrons. The van der Waals surface area contributed by atoms with E-state index in [1.807, 2.05) is 12.4 Å². The number of carbonyl (C=O) groups is 1. The number of piperidine rings is 1. The number of oxazole rings is 1. The summed E-state index contributed by atoms with van der Waals surface area (Å²) in [6.07, 6.45) is 8.59. The third-order valence-electron chi connectivity index (χ3n) is 5.56. The number of amides is 1. The van der Waals surface area contributed by atoms with E-state index in [4.69, 9.17) is 9.62 Å². The smallest absolute Gasteiger partial charge is 0.277 e. The molecule has 10 nitrogen and oxygen atoms in total. The molecule has 4 heterocycles. The number of hydroxylamine groups is 1. The Balaban J connectivity index is 1.19. The van der Waals surface area contributed by atoms with Crippen molar-refractivity contribution in [3.63, 3.8) is 0 Å². The van der Waals surface area contributed by atoms with Crippen LogP contribution in [0.15, 0.2) is 33.4 Å². The lowest BCUT2D eigenvalue weighted by Gasteiger charge is -2.32. The maximum Gasteiger partial charge on any atom is 0.277 e. The van der Waals surface area contributed by atoms with Crippen molar-refractivity contribution in [1.82, 2.24) is 25.4 Å². The van der Waals surface area contributed by atoms with Gasteiger partial charge in [0.15, 0.2) is 5.13 Å². The lowest BCUT2D eigenvalue weighted by Crippen LogP contribution is -2.37. The van der Waals surface area contributed by atoms with Gasteiger partial charge >= 0.3 is 0 Å². The van der Waals surface area contributed by atoms with E-state index in [1.54, 1.807) is 28.6 Å². The Morgan fingerprint density at radius 3 is 2.56 bits per heavy atom. The van der Waals surface area contributed by atoms with E-state index in [2.05, 4.69) is 50.9 Å². The van der Waals surface area contributed by atoms with Gasteiger partial charge in [0.1, 0.15) is 5.76 Å². The normalized spacial score (nSPS) is 14.9. The van der Waals surface area contributed by atoms with Crippen LogP contribution in [0.1, 0.15) is 55.6 Å². The summed E-state index contributed by atoms with van der Waals surface area (Å²) in [5, 5.41) is 13.1. The highest BCUT2D eigenvalue weighted by atomic mass is 32.2. The Labute approximate surface area is 206 Å². The SMILES string of the molecule is CC(C)(C)c1cnc(CSc2cnc(NCC3CCN(c4ncc(C(=O)NO)cn4)CC3)s2)o1. The van der Waals surface area contributed by atoms with Gasteiger partial charge in [0.05, 0.1) is 27.9 Å². The molecule has 3 aromatic rings. The van der Waals surface area contributed by atoms with Gasteiger partial charge in [-0.05, 0) is 18.8 Å². The third kappa shape index (κ3) is 6.24. The number of hydrogen-bond acceptors (Lipinski definition) is 11. The van der Waals surface area contributed by atoms with Crippen molar-refractivity contribution in [2.75, 3.05) is 29.9 Å². The summed E-state index contributed by atoms with van der Waals surface area (Å²) in [7, 11) is 0. The van der Waals surface area contributed by atoms with Crippen LogP contribution in [0, 0.1) is 5.92 Å². The zero-order valence-electron chi connectivity index (χ0n) is 19.4. The highest BCUT2D eigenvalue weighted by Gasteiger charge is 2.22. The molecule has 0 radical (unpaired) electrons. The first-order valence-corrected chi connectivity index (χ1v) is 12.9. The minimum atomic E-state index is -0.618. The van der Waals surface area contributed by atoms with Crippen molar-refractivity contribution in [2.24, 2.45) is 5.92 Å². The Kier molecular flexibility index (Phi) is 7.69. The van der Waals surface area contributed by atoms with Crippen molar-refractivity contribution in [3.05, 3.63) is 42.0 Å². The molecule has 0 atom stereocenters. The van der Waals surface area contributed by atoms with E-state index < -0.39 is 5.91 Å². The van der Waals surface area contributed by atoms with Gasteiger partial charge in [0, 0.05) is 37.4 Å². The minimum absolute atomic E-state index is 0.0379. The predicted octanol–water partition coefficient (Wildman–Crippen LogP) is 3.96. The van der Waals surface area contributed by atoms with E-state index in [-0.39, 0.29) is 11.0 Å². The number of nitrogens with zero attached hydrogens (tertiary/aromatic N) is 5. The molecule has 1 aliphatic heterocycles. The Bertz CT molecular complexity index is 1090. The molecular weight excluding hydrogens is 474 g/mol. The average molecular weight is 504 g/mol. The molecule has 1 fully saturated rings. The second-order valence-electron chi connectivity index (χ2n) is 9.17. The van der Waals surface area contributed by atoms with Gasteiger partial charge in [0.2, 0.25) is 11.8 Å². The lowest BCUT2D eigenvalue weighted by atomic mass is 9.94. The number of thiazole rings is 1. The van der Waals surface area contributed by atoms with Gasteiger partial charge < -0.3 is 14.6 Å². The highest BCUT2D eigenvalue weighted by Crippen LogP contribution is 2.32. The van der Waals surface area contributed by atoms with Gasteiger partial charge in [-0.1, -0.05) is 32.1 Å². The number of rotatable bonds is 8. The van der Waals surface area contributed by atoms with Crippen molar-refractivity contribution in [1.29, 1.82) is 0 Å². The number of thioether (sulfide) groups is 1. The molecule has 0 aromatic carbocycles. The number of nitrogens with one attached hydrogen (secondary N) is 2. The molecule has 3 aromatic heterocycles. The molecule has 4 rings (SSSR count). The second kappa shape index (κ2) is 10.7. The monoisotopic (exact) mass is 503 g/mol. The van der Waals surface area contributed by atoms with Crippen LogP contribution in [-0.4, -0.2) is 50.7 Å². The molecule has 12 heteroatoms. The predicted molar refractivity (Wildman–Crippen MR) is 132 cm³/mol. The van der Waals surface area contributed by atoms with Crippen molar-refractivity contribution in [2.45, 2.75) is 49.0 Å². The first-order valence-electron chi connectivity index (χ1n) is 11.1. The summed E-state index contributed by atoms with van der Waals surface area (Å²) in [6.45, 7) is 8.91. The van der Waals surface area contributed by atoms with Crippen LogP contribution in [0.4, 0.5) is 11.1 Å². The van der Waals surface area contributed by atoms with Crippen LogP contribution in [0.25, 0.3) is 0 Å². The molecule has 1 saturated heterocycles. The van der Waals surface area contributed by atoms with Crippen LogP contribution < -0.4 is 15.7 Å². The van der Waals surface area contributed by atoms with Crippen LogP contribution in [0.2, 0.25) is 0 Å². The third-order valence-corrected chi connectivity index (χ3v) is 7.69. The van der Waals surface area contributed by atoms with Gasteiger partial charge in [0.25, 0.3) is 5.91 Å². The number of anilines is 2. The molecule has 34 heavy (non-hydrogen) atoms. The van der Waals surface area contributed by atoms with E-state index >= 15 is 0 Å². The Morgan fingerprint density at radius 1 is 1.18 bits per heavy atom. The summed E-state index contributed by atoms with van der Waals surface area (Å²) in [4.78, 5) is 30.9. The topological polar surface area (TPSA) is 129 Å². The fraction of sp³-hybridized carbons (Fsp3) is 0.500. The summed E-state index contributed by atoms with van der Waals surface area (Å²) in [6, 6.07) is 0.